The number of aryl methyl sites for hydroxylation is 1. The summed E-state index contributed by atoms with van der Waals surface area (Å²) in [5.41, 5.74) is 0.962. The van der Waals surface area contributed by atoms with Crippen LogP contribution in [-0.4, -0.2) is 7.05 Å². The molecule has 0 aliphatic carbocycles. The fourth-order valence-electron chi connectivity index (χ4n) is 2.02. The first-order valence-corrected chi connectivity index (χ1v) is 6.23. The van der Waals surface area contributed by atoms with E-state index < -0.39 is 0 Å². The maximum atomic E-state index is 13.1. The molecule has 3 heteroatoms. The minimum Gasteiger partial charge on any atom is -0.464 e. The summed E-state index contributed by atoms with van der Waals surface area (Å²) < 4.78 is 18.9. The molecule has 0 saturated carbocycles. The van der Waals surface area contributed by atoms with Crippen LogP contribution in [0.2, 0.25) is 0 Å². The molecular weight excluding hydrogens is 229 g/mol. The van der Waals surface area contributed by atoms with E-state index in [4.69, 9.17) is 4.42 Å². The van der Waals surface area contributed by atoms with Crippen LogP contribution < -0.4 is 5.32 Å². The summed E-state index contributed by atoms with van der Waals surface area (Å²) in [5.74, 6) is 1.68. The zero-order chi connectivity index (χ0) is 13.0. The number of rotatable bonds is 5. The van der Waals surface area contributed by atoms with Crippen molar-refractivity contribution in [2.24, 2.45) is 0 Å². The number of benzene rings is 1. The molecule has 0 amide bonds. The second-order valence-corrected chi connectivity index (χ2v) is 4.33. The highest BCUT2D eigenvalue weighted by molar-refractivity contribution is 5.20. The predicted octanol–water partition coefficient (Wildman–Crippen LogP) is 3.48. The van der Waals surface area contributed by atoms with Gasteiger partial charge in [-0.25, -0.2) is 4.39 Å². The Labute approximate surface area is 107 Å². The third kappa shape index (κ3) is 2.99. The van der Waals surface area contributed by atoms with Crippen molar-refractivity contribution in [3.8, 4) is 0 Å². The van der Waals surface area contributed by atoms with Crippen molar-refractivity contribution in [1.29, 1.82) is 0 Å². The standard InChI is InChI=1S/C15H18FNO/c1-3-13-7-8-15(18-13)14(17-2)10-11-5-4-6-12(16)9-11/h4-9,14,17H,3,10H2,1-2H3. The lowest BCUT2D eigenvalue weighted by Gasteiger charge is -2.13. The van der Waals surface area contributed by atoms with E-state index in [0.29, 0.717) is 6.42 Å². The zero-order valence-corrected chi connectivity index (χ0v) is 10.7. The predicted molar refractivity (Wildman–Crippen MR) is 70.0 cm³/mol. The van der Waals surface area contributed by atoms with Crippen molar-refractivity contribution >= 4 is 0 Å². The molecule has 1 N–H and O–H groups in total. The maximum Gasteiger partial charge on any atom is 0.123 e. The largest absolute Gasteiger partial charge is 0.464 e. The summed E-state index contributed by atoms with van der Waals surface area (Å²) >= 11 is 0. The number of furan rings is 1. The third-order valence-corrected chi connectivity index (χ3v) is 3.05. The Hall–Kier alpha value is -1.61. The van der Waals surface area contributed by atoms with Crippen molar-refractivity contribution in [3.05, 3.63) is 59.3 Å². The molecule has 1 aromatic heterocycles. The Bertz CT molecular complexity index is 507. The highest BCUT2D eigenvalue weighted by atomic mass is 19.1. The average molecular weight is 247 g/mol. The number of likely N-dealkylation sites (N-methyl/N-ethyl adjacent to an activating group) is 1. The van der Waals surface area contributed by atoms with Crippen LogP contribution in [0.4, 0.5) is 4.39 Å². The molecule has 2 nitrogen and oxygen atoms in total. The normalized spacial score (nSPS) is 12.6. The molecule has 0 radical (unpaired) electrons. The topological polar surface area (TPSA) is 25.2 Å². The van der Waals surface area contributed by atoms with Crippen molar-refractivity contribution in [1.82, 2.24) is 5.32 Å². The van der Waals surface area contributed by atoms with Crippen LogP contribution in [0.25, 0.3) is 0 Å². The van der Waals surface area contributed by atoms with Crippen LogP contribution in [0.5, 0.6) is 0 Å². The molecule has 0 fully saturated rings. The number of hydrogen-bond acceptors (Lipinski definition) is 2. The van der Waals surface area contributed by atoms with Crippen molar-refractivity contribution in [2.75, 3.05) is 7.05 Å². The molecule has 96 valence electrons. The first kappa shape index (κ1) is 12.8. The van der Waals surface area contributed by atoms with Crippen molar-refractivity contribution < 1.29 is 8.81 Å². The number of hydrogen-bond donors (Lipinski definition) is 1. The van der Waals surface area contributed by atoms with Gasteiger partial charge in [0.25, 0.3) is 0 Å². The van der Waals surface area contributed by atoms with Gasteiger partial charge in [-0.3, -0.25) is 0 Å². The SMILES string of the molecule is CCc1ccc(C(Cc2cccc(F)c2)NC)o1. The van der Waals surface area contributed by atoms with Crippen molar-refractivity contribution in [2.45, 2.75) is 25.8 Å². The van der Waals surface area contributed by atoms with Crippen LogP contribution in [0.15, 0.2) is 40.8 Å². The van der Waals surface area contributed by atoms with Gasteiger partial charge in [-0.2, -0.15) is 0 Å². The van der Waals surface area contributed by atoms with E-state index in [0.717, 1.165) is 23.5 Å². The highest BCUT2D eigenvalue weighted by Crippen LogP contribution is 2.21. The Morgan fingerprint density at radius 2 is 2.11 bits per heavy atom. The fraction of sp³-hybridized carbons (Fsp3) is 0.333. The van der Waals surface area contributed by atoms with Gasteiger partial charge in [-0.15, -0.1) is 0 Å². The number of halogens is 1. The summed E-state index contributed by atoms with van der Waals surface area (Å²) in [5, 5.41) is 3.21. The van der Waals surface area contributed by atoms with Crippen molar-refractivity contribution in [3.63, 3.8) is 0 Å². The molecule has 0 aliphatic heterocycles. The van der Waals surface area contributed by atoms with Gasteiger partial charge < -0.3 is 9.73 Å². The lowest BCUT2D eigenvalue weighted by atomic mass is 10.0. The smallest absolute Gasteiger partial charge is 0.123 e. The van der Waals surface area contributed by atoms with Gasteiger partial charge in [-0.1, -0.05) is 19.1 Å². The molecule has 0 saturated heterocycles. The summed E-state index contributed by atoms with van der Waals surface area (Å²) in [6.07, 6.45) is 1.60. The molecule has 2 rings (SSSR count). The Balaban J connectivity index is 2.14. The summed E-state index contributed by atoms with van der Waals surface area (Å²) in [6.45, 7) is 2.06. The average Bonchev–Trinajstić information content (AvgIpc) is 2.84. The van der Waals surface area contributed by atoms with E-state index in [9.17, 15) is 4.39 Å². The quantitative estimate of drug-likeness (QED) is 0.875. The lowest BCUT2D eigenvalue weighted by molar-refractivity contribution is 0.406. The van der Waals surface area contributed by atoms with E-state index in [-0.39, 0.29) is 11.9 Å². The minimum atomic E-state index is -0.198. The van der Waals surface area contributed by atoms with Gasteiger partial charge in [0.05, 0.1) is 6.04 Å². The Morgan fingerprint density at radius 1 is 1.28 bits per heavy atom. The van der Waals surface area contributed by atoms with E-state index in [1.165, 1.54) is 6.07 Å². The van der Waals surface area contributed by atoms with Gasteiger partial charge >= 0.3 is 0 Å². The highest BCUT2D eigenvalue weighted by Gasteiger charge is 2.14. The first-order chi connectivity index (χ1) is 8.72. The Morgan fingerprint density at radius 3 is 2.72 bits per heavy atom. The number of nitrogens with one attached hydrogen (secondary N) is 1. The third-order valence-electron chi connectivity index (χ3n) is 3.05. The summed E-state index contributed by atoms with van der Waals surface area (Å²) in [4.78, 5) is 0. The maximum absolute atomic E-state index is 13.1. The van der Waals surface area contributed by atoms with E-state index in [2.05, 4.69) is 12.2 Å². The molecule has 0 spiro atoms. The monoisotopic (exact) mass is 247 g/mol. The van der Waals surface area contributed by atoms with Crippen LogP contribution in [0, 0.1) is 5.82 Å². The van der Waals surface area contributed by atoms with Gasteiger partial charge in [0, 0.05) is 6.42 Å². The molecule has 0 bridgehead atoms. The molecule has 2 aromatic rings. The van der Waals surface area contributed by atoms with E-state index in [1.54, 1.807) is 12.1 Å². The van der Waals surface area contributed by atoms with E-state index >= 15 is 0 Å². The van der Waals surface area contributed by atoms with Gasteiger partial charge in [0.15, 0.2) is 0 Å². The molecule has 0 aliphatic rings. The lowest BCUT2D eigenvalue weighted by Crippen LogP contribution is -2.18. The molecule has 1 heterocycles. The van der Waals surface area contributed by atoms with Gasteiger partial charge in [0.2, 0.25) is 0 Å². The molecule has 1 unspecified atom stereocenters. The minimum absolute atomic E-state index is 0.0760. The second-order valence-electron chi connectivity index (χ2n) is 4.33. The van der Waals surface area contributed by atoms with Crippen LogP contribution in [-0.2, 0) is 12.8 Å². The van der Waals surface area contributed by atoms with E-state index in [1.807, 2.05) is 25.2 Å². The molecule has 1 aromatic carbocycles. The summed E-state index contributed by atoms with van der Waals surface area (Å²) in [7, 11) is 1.89. The Kier molecular flexibility index (Phi) is 4.15. The fourth-order valence-corrected chi connectivity index (χ4v) is 2.02. The van der Waals surface area contributed by atoms with Crippen LogP contribution >= 0.6 is 0 Å². The molecular formula is C15H18FNO. The van der Waals surface area contributed by atoms with Gasteiger partial charge in [-0.05, 0) is 43.3 Å². The summed E-state index contributed by atoms with van der Waals surface area (Å²) in [6, 6.07) is 10.7. The molecule has 1 atom stereocenters. The second kappa shape index (κ2) is 5.83. The van der Waals surface area contributed by atoms with Crippen LogP contribution in [0.1, 0.15) is 30.0 Å². The zero-order valence-electron chi connectivity index (χ0n) is 10.7. The molecule has 18 heavy (non-hydrogen) atoms. The van der Waals surface area contributed by atoms with Crippen LogP contribution in [0.3, 0.4) is 0 Å². The van der Waals surface area contributed by atoms with Gasteiger partial charge in [0.1, 0.15) is 17.3 Å². The first-order valence-electron chi connectivity index (χ1n) is 6.23.